The number of hydrogen-bond donors (Lipinski definition) is 1. The summed E-state index contributed by atoms with van der Waals surface area (Å²) in [7, 11) is 3.51. The topological polar surface area (TPSA) is 55.6 Å². The van der Waals surface area contributed by atoms with Crippen molar-refractivity contribution in [1.82, 2.24) is 4.90 Å². The van der Waals surface area contributed by atoms with Crippen LogP contribution in [0.2, 0.25) is 0 Å². The van der Waals surface area contributed by atoms with Gasteiger partial charge in [-0.2, -0.15) is 0 Å². The molecule has 19 heavy (non-hydrogen) atoms. The average Bonchev–Trinajstić information content (AvgIpc) is 2.50. The van der Waals surface area contributed by atoms with Gasteiger partial charge >= 0.3 is 0 Å². The van der Waals surface area contributed by atoms with Crippen LogP contribution in [-0.2, 0) is 4.79 Å². The molecule has 0 bridgehead atoms. The molecule has 0 spiro atoms. The fraction of sp³-hybridized carbons (Fsp3) is 0.533. The molecule has 1 aliphatic rings. The van der Waals surface area contributed by atoms with Crippen LogP contribution in [0.15, 0.2) is 18.2 Å². The molecule has 1 fully saturated rings. The molecular formula is C15H22N2O2. The number of benzene rings is 1. The van der Waals surface area contributed by atoms with E-state index in [4.69, 9.17) is 10.5 Å². The minimum Gasteiger partial charge on any atom is -0.496 e. The number of methoxy groups -OCH3 is 1. The molecule has 104 valence electrons. The van der Waals surface area contributed by atoms with Gasteiger partial charge in [-0.3, -0.25) is 4.79 Å². The normalized spacial score (nSPS) is 24.2. The molecule has 1 heterocycles. The van der Waals surface area contributed by atoms with Crippen molar-refractivity contribution in [3.05, 3.63) is 29.3 Å². The first kappa shape index (κ1) is 13.9. The fourth-order valence-corrected chi connectivity index (χ4v) is 2.82. The molecule has 4 heteroatoms. The van der Waals surface area contributed by atoms with E-state index < -0.39 is 0 Å². The lowest BCUT2D eigenvalue weighted by Crippen LogP contribution is -2.39. The van der Waals surface area contributed by atoms with Crippen LogP contribution in [-0.4, -0.2) is 31.0 Å². The molecule has 1 aliphatic heterocycles. The Hall–Kier alpha value is -1.55. The first-order valence-corrected chi connectivity index (χ1v) is 6.70. The predicted octanol–water partition coefficient (Wildman–Crippen LogP) is 2.01. The zero-order valence-corrected chi connectivity index (χ0v) is 11.8. The number of amides is 1. The summed E-state index contributed by atoms with van der Waals surface area (Å²) in [6.45, 7) is 2.01. The number of rotatable bonds is 2. The van der Waals surface area contributed by atoms with Crippen molar-refractivity contribution >= 4 is 5.91 Å². The zero-order chi connectivity index (χ0) is 14.0. The number of nitrogens with zero attached hydrogens (tertiary/aromatic N) is 1. The highest BCUT2D eigenvalue weighted by Crippen LogP contribution is 2.31. The Bertz CT molecular complexity index is 473. The highest BCUT2D eigenvalue weighted by atomic mass is 16.5. The third kappa shape index (κ3) is 2.73. The molecule has 1 saturated heterocycles. The van der Waals surface area contributed by atoms with E-state index in [0.29, 0.717) is 6.42 Å². The number of likely N-dealkylation sites (N-methyl/N-ethyl adjacent to an activating group) is 1. The van der Waals surface area contributed by atoms with Crippen LogP contribution in [0.4, 0.5) is 0 Å². The number of nitrogens with two attached hydrogens (primary N) is 1. The summed E-state index contributed by atoms with van der Waals surface area (Å²) in [6, 6.07) is 5.97. The monoisotopic (exact) mass is 262 g/mol. The third-order valence-electron chi connectivity index (χ3n) is 3.90. The maximum absolute atomic E-state index is 12.0. The van der Waals surface area contributed by atoms with Crippen molar-refractivity contribution in [3.63, 3.8) is 0 Å². The quantitative estimate of drug-likeness (QED) is 0.887. The van der Waals surface area contributed by atoms with E-state index in [0.717, 1.165) is 29.7 Å². The fourth-order valence-electron chi connectivity index (χ4n) is 2.82. The van der Waals surface area contributed by atoms with Gasteiger partial charge in [0.1, 0.15) is 5.75 Å². The molecule has 1 aromatic rings. The van der Waals surface area contributed by atoms with Crippen LogP contribution in [0.3, 0.4) is 0 Å². The molecule has 4 nitrogen and oxygen atoms in total. The maximum atomic E-state index is 12.0. The molecule has 0 saturated carbocycles. The number of carbonyl (C=O) groups excluding carboxylic acids is 1. The van der Waals surface area contributed by atoms with Crippen molar-refractivity contribution in [1.29, 1.82) is 0 Å². The van der Waals surface area contributed by atoms with Crippen molar-refractivity contribution in [2.75, 3.05) is 14.2 Å². The Morgan fingerprint density at radius 1 is 1.42 bits per heavy atom. The molecule has 1 amide bonds. The number of aryl methyl sites for hydroxylation is 1. The molecule has 2 unspecified atom stereocenters. The Morgan fingerprint density at radius 3 is 2.79 bits per heavy atom. The van der Waals surface area contributed by atoms with Gasteiger partial charge in [-0.1, -0.05) is 12.1 Å². The zero-order valence-electron chi connectivity index (χ0n) is 11.8. The summed E-state index contributed by atoms with van der Waals surface area (Å²) in [5.41, 5.74) is 8.41. The van der Waals surface area contributed by atoms with Crippen LogP contribution in [0, 0.1) is 6.92 Å². The molecule has 0 aliphatic carbocycles. The minimum absolute atomic E-state index is 0.00996. The summed E-state index contributed by atoms with van der Waals surface area (Å²) < 4.78 is 5.27. The summed E-state index contributed by atoms with van der Waals surface area (Å²) in [5.74, 6) is 1.03. The molecule has 2 N–H and O–H groups in total. The predicted molar refractivity (Wildman–Crippen MR) is 75.1 cm³/mol. The smallest absolute Gasteiger partial charge is 0.222 e. The number of hydrogen-bond acceptors (Lipinski definition) is 3. The summed E-state index contributed by atoms with van der Waals surface area (Å²) >= 11 is 0. The van der Waals surface area contributed by atoms with Gasteiger partial charge in [0.25, 0.3) is 0 Å². The first-order valence-electron chi connectivity index (χ1n) is 6.70. The summed E-state index contributed by atoms with van der Waals surface area (Å²) in [6.07, 6.45) is 2.34. The second-order valence-corrected chi connectivity index (χ2v) is 5.23. The second-order valence-electron chi connectivity index (χ2n) is 5.23. The standard InChI is InChI=1S/C15H22N2O2/c1-10-9-11(7-8-13(10)19-3)15-12(16)5-4-6-14(18)17(15)2/h7-9,12,15H,4-6,16H2,1-3H3. The van der Waals surface area contributed by atoms with Crippen LogP contribution < -0.4 is 10.5 Å². The molecule has 1 aromatic carbocycles. The van der Waals surface area contributed by atoms with Crippen LogP contribution >= 0.6 is 0 Å². The Balaban J connectivity index is 2.36. The van der Waals surface area contributed by atoms with E-state index in [1.165, 1.54) is 0 Å². The Morgan fingerprint density at radius 2 is 2.16 bits per heavy atom. The van der Waals surface area contributed by atoms with Gasteiger partial charge in [-0.25, -0.2) is 0 Å². The van der Waals surface area contributed by atoms with Gasteiger partial charge in [0, 0.05) is 19.5 Å². The van der Waals surface area contributed by atoms with Crippen molar-refractivity contribution in [2.24, 2.45) is 5.73 Å². The van der Waals surface area contributed by atoms with E-state index in [-0.39, 0.29) is 18.0 Å². The lowest BCUT2D eigenvalue weighted by molar-refractivity contribution is -0.131. The van der Waals surface area contributed by atoms with Crippen LogP contribution in [0.25, 0.3) is 0 Å². The second kappa shape index (κ2) is 5.61. The summed E-state index contributed by atoms with van der Waals surface area (Å²) in [5, 5.41) is 0. The molecule has 2 rings (SSSR count). The van der Waals surface area contributed by atoms with E-state index in [1.54, 1.807) is 12.0 Å². The van der Waals surface area contributed by atoms with Crippen molar-refractivity contribution in [3.8, 4) is 5.75 Å². The molecule has 0 radical (unpaired) electrons. The van der Waals surface area contributed by atoms with Crippen LogP contribution in [0.5, 0.6) is 5.75 Å². The number of likely N-dealkylation sites (tertiary alicyclic amines) is 1. The van der Waals surface area contributed by atoms with Gasteiger partial charge in [0.15, 0.2) is 0 Å². The molecule has 2 atom stereocenters. The highest BCUT2D eigenvalue weighted by molar-refractivity contribution is 5.76. The van der Waals surface area contributed by atoms with Crippen molar-refractivity contribution < 1.29 is 9.53 Å². The van der Waals surface area contributed by atoms with E-state index in [2.05, 4.69) is 6.07 Å². The van der Waals surface area contributed by atoms with E-state index in [9.17, 15) is 4.79 Å². The minimum atomic E-state index is -0.0420. The largest absolute Gasteiger partial charge is 0.496 e. The van der Waals surface area contributed by atoms with Gasteiger partial charge < -0.3 is 15.4 Å². The SMILES string of the molecule is COc1ccc(C2C(N)CCCC(=O)N2C)cc1C. The molecular weight excluding hydrogens is 240 g/mol. The Kier molecular flexibility index (Phi) is 4.10. The van der Waals surface area contributed by atoms with Gasteiger partial charge in [0.2, 0.25) is 5.91 Å². The lowest BCUT2D eigenvalue weighted by atomic mass is 9.95. The lowest BCUT2D eigenvalue weighted by Gasteiger charge is -2.31. The maximum Gasteiger partial charge on any atom is 0.222 e. The first-order chi connectivity index (χ1) is 9.04. The van der Waals surface area contributed by atoms with Gasteiger partial charge in [0.05, 0.1) is 13.2 Å². The van der Waals surface area contributed by atoms with E-state index in [1.807, 2.05) is 26.1 Å². The summed E-state index contributed by atoms with van der Waals surface area (Å²) in [4.78, 5) is 13.8. The average molecular weight is 262 g/mol. The van der Waals surface area contributed by atoms with E-state index >= 15 is 0 Å². The Labute approximate surface area is 114 Å². The van der Waals surface area contributed by atoms with Crippen molar-refractivity contribution in [2.45, 2.75) is 38.3 Å². The number of ether oxygens (including phenoxy) is 1. The van der Waals surface area contributed by atoms with Gasteiger partial charge in [-0.05, 0) is 37.0 Å². The number of carbonyl (C=O) groups is 1. The highest BCUT2D eigenvalue weighted by Gasteiger charge is 2.30. The van der Waals surface area contributed by atoms with Gasteiger partial charge in [-0.15, -0.1) is 0 Å². The molecule has 0 aromatic heterocycles. The third-order valence-corrected chi connectivity index (χ3v) is 3.90. The van der Waals surface area contributed by atoms with Crippen LogP contribution in [0.1, 0.15) is 36.4 Å².